The number of ether oxygens (including phenoxy) is 1. The van der Waals surface area contributed by atoms with Crippen molar-refractivity contribution >= 4 is 27.6 Å². The lowest BCUT2D eigenvalue weighted by atomic mass is 9.95. The van der Waals surface area contributed by atoms with E-state index >= 15 is 0 Å². The number of H-pyrrole nitrogens is 1. The van der Waals surface area contributed by atoms with E-state index in [0.717, 1.165) is 35.4 Å². The summed E-state index contributed by atoms with van der Waals surface area (Å²) in [5.41, 5.74) is 2.35. The van der Waals surface area contributed by atoms with Crippen LogP contribution in [0.25, 0.3) is 10.2 Å². The molecule has 1 saturated carbocycles. The van der Waals surface area contributed by atoms with Crippen LogP contribution in [0, 0.1) is 0 Å². The molecule has 0 spiro atoms. The lowest BCUT2D eigenvalue weighted by Gasteiger charge is -2.20. The summed E-state index contributed by atoms with van der Waals surface area (Å²) in [6.45, 7) is 1.39. The normalized spacial score (nSPS) is 15.1. The Labute approximate surface area is 190 Å². The molecule has 1 fully saturated rings. The molecule has 1 heterocycles. The zero-order valence-corrected chi connectivity index (χ0v) is 18.7. The molecule has 0 saturated heterocycles. The number of aromatic hydroxyl groups is 1. The molecule has 1 unspecified atom stereocenters. The molecule has 0 radical (unpaired) electrons. The Morgan fingerprint density at radius 1 is 1.19 bits per heavy atom. The maximum absolute atomic E-state index is 12.3. The summed E-state index contributed by atoms with van der Waals surface area (Å²) >= 11 is 1.07. The smallest absolute Gasteiger partial charge is 0.407 e. The Morgan fingerprint density at radius 3 is 2.75 bits per heavy atom. The standard InChI is InChI=1S/C24H29N3O4S/c28-20-11-10-19(22-21(20)27-24(30)32-22)17(12-13-25-18-8-4-5-9-18)15-31-23(29)26-14-16-6-2-1-3-7-16/h1-3,6-7,10-11,17-18,25,28H,4-5,8-9,12-15H2,(H,26,29)(H,27,30). The first-order chi connectivity index (χ1) is 15.6. The van der Waals surface area contributed by atoms with Gasteiger partial charge in [-0.1, -0.05) is 60.6 Å². The number of phenols is 1. The Bertz CT molecular complexity index is 1090. The fraction of sp³-hybridized carbons (Fsp3) is 0.417. The van der Waals surface area contributed by atoms with E-state index in [9.17, 15) is 14.7 Å². The molecule has 32 heavy (non-hydrogen) atoms. The van der Waals surface area contributed by atoms with Crippen LogP contribution in [0.15, 0.2) is 47.3 Å². The topological polar surface area (TPSA) is 103 Å². The molecule has 8 heteroatoms. The molecule has 2 aromatic carbocycles. The number of carbonyl (C=O) groups is 1. The minimum Gasteiger partial charge on any atom is -0.506 e. The van der Waals surface area contributed by atoms with Crippen molar-refractivity contribution in [3.05, 3.63) is 63.3 Å². The van der Waals surface area contributed by atoms with E-state index in [1.54, 1.807) is 6.07 Å². The molecule has 170 valence electrons. The van der Waals surface area contributed by atoms with Crippen LogP contribution < -0.4 is 15.5 Å². The van der Waals surface area contributed by atoms with Gasteiger partial charge in [-0.05, 0) is 43.0 Å². The van der Waals surface area contributed by atoms with Crippen molar-refractivity contribution < 1.29 is 14.6 Å². The van der Waals surface area contributed by atoms with Crippen LogP contribution in [0.4, 0.5) is 4.79 Å². The molecule has 1 atom stereocenters. The number of aromatic nitrogens is 1. The second kappa shape index (κ2) is 10.7. The first-order valence-electron chi connectivity index (χ1n) is 11.1. The third kappa shape index (κ3) is 5.69. The first kappa shape index (κ1) is 22.4. The average Bonchev–Trinajstić information content (AvgIpc) is 3.46. The number of aromatic amines is 1. The van der Waals surface area contributed by atoms with Gasteiger partial charge in [0, 0.05) is 18.5 Å². The molecule has 1 amide bonds. The highest BCUT2D eigenvalue weighted by Crippen LogP contribution is 2.34. The van der Waals surface area contributed by atoms with E-state index in [1.165, 1.54) is 25.7 Å². The first-order valence-corrected chi connectivity index (χ1v) is 11.9. The van der Waals surface area contributed by atoms with Gasteiger partial charge in [-0.25, -0.2) is 4.79 Å². The number of carbonyl (C=O) groups excluding carboxylic acids is 1. The number of nitrogens with one attached hydrogen (secondary N) is 3. The van der Waals surface area contributed by atoms with Crippen LogP contribution >= 0.6 is 11.3 Å². The summed E-state index contributed by atoms with van der Waals surface area (Å²) < 4.78 is 6.28. The van der Waals surface area contributed by atoms with Gasteiger partial charge in [0.1, 0.15) is 17.9 Å². The van der Waals surface area contributed by atoms with Gasteiger partial charge in [0.15, 0.2) is 0 Å². The largest absolute Gasteiger partial charge is 0.506 e. The van der Waals surface area contributed by atoms with Crippen molar-refractivity contribution in [1.29, 1.82) is 0 Å². The Kier molecular flexibility index (Phi) is 7.44. The van der Waals surface area contributed by atoms with Crippen molar-refractivity contribution in [1.82, 2.24) is 15.6 Å². The molecule has 1 aliphatic rings. The summed E-state index contributed by atoms with van der Waals surface area (Å²) in [5, 5.41) is 16.5. The molecular formula is C24H29N3O4S. The van der Waals surface area contributed by atoms with Gasteiger partial charge in [-0.3, -0.25) is 4.79 Å². The van der Waals surface area contributed by atoms with Crippen LogP contribution in [-0.2, 0) is 11.3 Å². The second-order valence-electron chi connectivity index (χ2n) is 8.25. The second-order valence-corrected chi connectivity index (χ2v) is 9.23. The fourth-order valence-corrected chi connectivity index (χ4v) is 5.23. The SMILES string of the molecule is O=C(NCc1ccccc1)OCC(CCNC1CCCC1)c1ccc(O)c2[nH]c(=O)sc12. The Balaban J connectivity index is 1.43. The van der Waals surface area contributed by atoms with E-state index < -0.39 is 6.09 Å². The van der Waals surface area contributed by atoms with E-state index in [2.05, 4.69) is 15.6 Å². The lowest BCUT2D eigenvalue weighted by molar-refractivity contribution is 0.136. The van der Waals surface area contributed by atoms with E-state index in [-0.39, 0.29) is 23.1 Å². The molecular weight excluding hydrogens is 426 g/mol. The number of fused-ring (bicyclic) bond motifs is 1. The summed E-state index contributed by atoms with van der Waals surface area (Å²) in [7, 11) is 0. The van der Waals surface area contributed by atoms with Crippen LogP contribution in [0.2, 0.25) is 0 Å². The zero-order valence-electron chi connectivity index (χ0n) is 17.9. The molecule has 0 aliphatic heterocycles. The van der Waals surface area contributed by atoms with Gasteiger partial charge in [-0.15, -0.1) is 0 Å². The van der Waals surface area contributed by atoms with Crippen LogP contribution in [0.5, 0.6) is 5.75 Å². The van der Waals surface area contributed by atoms with Crippen molar-refractivity contribution in [2.75, 3.05) is 13.2 Å². The van der Waals surface area contributed by atoms with E-state index in [4.69, 9.17) is 4.74 Å². The fourth-order valence-electron chi connectivity index (χ4n) is 4.28. The van der Waals surface area contributed by atoms with Gasteiger partial charge >= 0.3 is 11.0 Å². The summed E-state index contributed by atoms with van der Waals surface area (Å²) in [6, 6.07) is 13.6. The predicted molar refractivity (Wildman–Crippen MR) is 126 cm³/mol. The van der Waals surface area contributed by atoms with E-state index in [1.807, 2.05) is 36.4 Å². The quantitative estimate of drug-likeness (QED) is 0.387. The number of alkyl carbamates (subject to hydrolysis) is 1. The Morgan fingerprint density at radius 2 is 1.97 bits per heavy atom. The molecule has 1 aromatic heterocycles. The number of hydrogen-bond donors (Lipinski definition) is 4. The summed E-state index contributed by atoms with van der Waals surface area (Å²) in [6.07, 6.45) is 5.22. The molecule has 4 rings (SSSR count). The molecule has 4 N–H and O–H groups in total. The van der Waals surface area contributed by atoms with Crippen molar-refractivity contribution in [2.24, 2.45) is 0 Å². The number of thiazole rings is 1. The number of phenolic OH excluding ortho intramolecular Hbond substituents is 1. The van der Waals surface area contributed by atoms with Gasteiger partial charge in [0.05, 0.1) is 4.70 Å². The molecule has 0 bridgehead atoms. The third-order valence-corrected chi connectivity index (χ3v) is 6.94. The highest BCUT2D eigenvalue weighted by atomic mass is 32.1. The highest BCUT2D eigenvalue weighted by Gasteiger charge is 2.21. The van der Waals surface area contributed by atoms with Gasteiger partial charge in [0.2, 0.25) is 0 Å². The average molecular weight is 456 g/mol. The van der Waals surface area contributed by atoms with Crippen molar-refractivity contribution in [3.63, 3.8) is 0 Å². The van der Waals surface area contributed by atoms with Crippen LogP contribution in [0.3, 0.4) is 0 Å². The minimum atomic E-state index is -0.472. The van der Waals surface area contributed by atoms with Gasteiger partial charge in [0.25, 0.3) is 0 Å². The summed E-state index contributed by atoms with van der Waals surface area (Å²) in [5.74, 6) is -0.0487. The monoisotopic (exact) mass is 455 g/mol. The van der Waals surface area contributed by atoms with Gasteiger partial charge in [-0.2, -0.15) is 0 Å². The lowest BCUT2D eigenvalue weighted by Crippen LogP contribution is -2.30. The number of hydrogen-bond acceptors (Lipinski definition) is 6. The molecule has 3 aromatic rings. The maximum Gasteiger partial charge on any atom is 0.407 e. The predicted octanol–water partition coefficient (Wildman–Crippen LogP) is 4.23. The number of rotatable bonds is 9. The Hall–Kier alpha value is -2.84. The number of amides is 1. The third-order valence-electron chi connectivity index (χ3n) is 6.00. The van der Waals surface area contributed by atoms with Crippen LogP contribution in [-0.4, -0.2) is 35.4 Å². The molecule has 7 nitrogen and oxygen atoms in total. The van der Waals surface area contributed by atoms with Crippen molar-refractivity contribution in [2.45, 2.75) is 50.6 Å². The zero-order chi connectivity index (χ0) is 22.3. The minimum absolute atomic E-state index is 0.0476. The molecule has 1 aliphatic carbocycles. The van der Waals surface area contributed by atoms with Crippen molar-refractivity contribution in [3.8, 4) is 5.75 Å². The van der Waals surface area contributed by atoms with Gasteiger partial charge < -0.3 is 25.5 Å². The number of benzene rings is 2. The van der Waals surface area contributed by atoms with Crippen LogP contribution in [0.1, 0.15) is 49.1 Å². The summed E-state index contributed by atoms with van der Waals surface area (Å²) in [4.78, 5) is 26.7. The maximum atomic E-state index is 12.3. The highest BCUT2D eigenvalue weighted by molar-refractivity contribution is 7.16. The van der Waals surface area contributed by atoms with E-state index in [0.29, 0.717) is 22.8 Å².